The Morgan fingerprint density at radius 2 is 1.44 bits per heavy atom. The summed E-state index contributed by atoms with van der Waals surface area (Å²) in [5.41, 5.74) is 4.98. The summed E-state index contributed by atoms with van der Waals surface area (Å²) in [5.74, 6) is -0.598. The van der Waals surface area contributed by atoms with Gasteiger partial charge in [0.2, 0.25) is 0 Å². The van der Waals surface area contributed by atoms with Crippen LogP contribution in [-0.4, -0.2) is 25.2 Å². The standard InChI is InChI=1S/C33H34N2O4/c1-7-22(6)26-12-13-29(33(37)39-19-21(4)5)30-25(17-35)9-10-27(31(26)30)23-8-11-28(24(16-23)14-15-34)32(36)38-18-20(2)3/h7-13,16,20-21H,14,18-19H2,1-6H3/b22-7+. The van der Waals surface area contributed by atoms with E-state index in [1.165, 1.54) is 0 Å². The van der Waals surface area contributed by atoms with E-state index in [1.807, 2.05) is 71.9 Å². The fraction of sp³-hybridized carbons (Fsp3) is 0.333. The Balaban J connectivity index is 2.32. The van der Waals surface area contributed by atoms with E-state index in [-0.39, 0.29) is 31.5 Å². The van der Waals surface area contributed by atoms with E-state index in [4.69, 9.17) is 9.47 Å². The molecule has 0 amide bonds. The molecule has 0 aliphatic carbocycles. The van der Waals surface area contributed by atoms with Crippen molar-refractivity contribution >= 4 is 28.3 Å². The Labute approximate surface area is 230 Å². The molecule has 0 N–H and O–H groups in total. The second-order valence-corrected chi connectivity index (χ2v) is 10.3. The minimum absolute atomic E-state index is 0.0295. The smallest absolute Gasteiger partial charge is 0.338 e. The molecule has 3 aromatic rings. The number of allylic oxidation sites excluding steroid dienone is 2. The Morgan fingerprint density at radius 1 is 0.846 bits per heavy atom. The van der Waals surface area contributed by atoms with Crippen molar-refractivity contribution in [2.45, 2.75) is 48.0 Å². The second-order valence-electron chi connectivity index (χ2n) is 10.3. The van der Waals surface area contributed by atoms with Gasteiger partial charge in [-0.25, -0.2) is 9.59 Å². The topological polar surface area (TPSA) is 100 Å². The van der Waals surface area contributed by atoms with E-state index in [9.17, 15) is 20.1 Å². The van der Waals surface area contributed by atoms with E-state index in [2.05, 4.69) is 12.1 Å². The lowest BCUT2D eigenvalue weighted by Gasteiger charge is -2.18. The molecule has 0 heterocycles. The highest BCUT2D eigenvalue weighted by atomic mass is 16.5. The molecular weight excluding hydrogens is 488 g/mol. The van der Waals surface area contributed by atoms with Crippen molar-refractivity contribution in [2.75, 3.05) is 13.2 Å². The van der Waals surface area contributed by atoms with Crippen LogP contribution in [0.15, 0.2) is 48.5 Å². The number of nitriles is 2. The molecular formula is C33H34N2O4. The van der Waals surface area contributed by atoms with Gasteiger partial charge in [-0.05, 0) is 83.2 Å². The number of ether oxygens (including phenoxy) is 2. The van der Waals surface area contributed by atoms with Crippen LogP contribution in [0.3, 0.4) is 0 Å². The van der Waals surface area contributed by atoms with Crippen molar-refractivity contribution in [3.8, 4) is 23.3 Å². The highest BCUT2D eigenvalue weighted by molar-refractivity contribution is 6.14. The zero-order chi connectivity index (χ0) is 28.7. The Kier molecular flexibility index (Phi) is 9.63. The van der Waals surface area contributed by atoms with Crippen molar-refractivity contribution in [1.82, 2.24) is 0 Å². The van der Waals surface area contributed by atoms with Crippen LogP contribution in [0.2, 0.25) is 0 Å². The summed E-state index contributed by atoms with van der Waals surface area (Å²) in [6.45, 7) is 12.3. The number of hydrogen-bond donors (Lipinski definition) is 0. The number of esters is 2. The molecule has 0 saturated heterocycles. The third-order valence-electron chi connectivity index (χ3n) is 6.36. The average molecular weight is 523 g/mol. The van der Waals surface area contributed by atoms with Gasteiger partial charge in [-0.2, -0.15) is 10.5 Å². The first-order valence-electron chi connectivity index (χ1n) is 13.1. The van der Waals surface area contributed by atoms with Gasteiger partial charge < -0.3 is 9.47 Å². The van der Waals surface area contributed by atoms with E-state index in [0.29, 0.717) is 27.6 Å². The summed E-state index contributed by atoms with van der Waals surface area (Å²) in [4.78, 5) is 25.9. The van der Waals surface area contributed by atoms with Crippen LogP contribution in [0.4, 0.5) is 0 Å². The van der Waals surface area contributed by atoms with Crippen LogP contribution in [0, 0.1) is 34.5 Å². The maximum absolute atomic E-state index is 13.2. The first-order chi connectivity index (χ1) is 18.6. The van der Waals surface area contributed by atoms with Crippen molar-refractivity contribution in [1.29, 1.82) is 10.5 Å². The van der Waals surface area contributed by atoms with Crippen LogP contribution in [0.25, 0.3) is 27.5 Å². The number of nitrogens with zero attached hydrogens (tertiary/aromatic N) is 2. The van der Waals surface area contributed by atoms with Crippen molar-refractivity contribution in [3.05, 3.63) is 76.4 Å². The number of carbonyl (C=O) groups excluding carboxylic acids is 2. The largest absolute Gasteiger partial charge is 0.462 e. The molecule has 0 radical (unpaired) electrons. The molecule has 0 unspecified atom stereocenters. The maximum Gasteiger partial charge on any atom is 0.338 e. The lowest BCUT2D eigenvalue weighted by Crippen LogP contribution is -2.12. The van der Waals surface area contributed by atoms with Crippen molar-refractivity contribution in [2.24, 2.45) is 11.8 Å². The van der Waals surface area contributed by atoms with Gasteiger partial charge in [-0.3, -0.25) is 0 Å². The van der Waals surface area contributed by atoms with Gasteiger partial charge >= 0.3 is 11.9 Å². The Bertz CT molecular complexity index is 1520. The van der Waals surface area contributed by atoms with E-state index < -0.39 is 11.9 Å². The summed E-state index contributed by atoms with van der Waals surface area (Å²) in [5, 5.41) is 20.7. The third-order valence-corrected chi connectivity index (χ3v) is 6.36. The minimum Gasteiger partial charge on any atom is -0.462 e. The Morgan fingerprint density at radius 3 is 2.00 bits per heavy atom. The second kappa shape index (κ2) is 12.9. The molecule has 39 heavy (non-hydrogen) atoms. The zero-order valence-electron chi connectivity index (χ0n) is 23.4. The molecule has 0 aliphatic rings. The fourth-order valence-electron chi connectivity index (χ4n) is 4.32. The SMILES string of the molecule is C/C=C(\C)c1ccc(C(=O)OCC(C)C)c2c(C#N)ccc(-c3ccc(C(=O)OCC(C)C)c(CC#N)c3)c12. The maximum atomic E-state index is 13.2. The molecule has 0 spiro atoms. The van der Waals surface area contributed by atoms with Gasteiger partial charge in [0.25, 0.3) is 0 Å². The number of fused-ring (bicyclic) bond motifs is 1. The number of hydrogen-bond acceptors (Lipinski definition) is 6. The zero-order valence-corrected chi connectivity index (χ0v) is 23.4. The molecule has 0 fully saturated rings. The summed E-state index contributed by atoms with van der Waals surface area (Å²) < 4.78 is 11.0. The molecule has 0 saturated carbocycles. The first kappa shape index (κ1) is 29.1. The van der Waals surface area contributed by atoms with Gasteiger partial charge in [-0.1, -0.05) is 52.0 Å². The number of carbonyl (C=O) groups is 2. The number of rotatable bonds is 9. The normalized spacial score (nSPS) is 11.4. The molecule has 0 aromatic heterocycles. The summed E-state index contributed by atoms with van der Waals surface area (Å²) >= 11 is 0. The molecule has 6 heteroatoms. The monoisotopic (exact) mass is 522 g/mol. The highest BCUT2D eigenvalue weighted by Gasteiger charge is 2.22. The molecule has 200 valence electrons. The van der Waals surface area contributed by atoms with Gasteiger partial charge in [0, 0.05) is 5.39 Å². The Hall–Kier alpha value is -4.42. The van der Waals surface area contributed by atoms with Gasteiger partial charge in [-0.15, -0.1) is 0 Å². The molecule has 3 rings (SSSR count). The average Bonchev–Trinajstić information content (AvgIpc) is 2.93. The summed E-state index contributed by atoms with van der Waals surface area (Å²) in [6.07, 6.45) is 2.00. The molecule has 0 atom stereocenters. The van der Waals surface area contributed by atoms with Crippen LogP contribution >= 0.6 is 0 Å². The van der Waals surface area contributed by atoms with Gasteiger partial charge in [0.15, 0.2) is 0 Å². The lowest BCUT2D eigenvalue weighted by atomic mass is 9.86. The highest BCUT2D eigenvalue weighted by Crippen LogP contribution is 2.39. The summed E-state index contributed by atoms with van der Waals surface area (Å²) in [7, 11) is 0. The minimum atomic E-state index is -0.486. The summed E-state index contributed by atoms with van der Waals surface area (Å²) in [6, 6.07) is 16.8. The van der Waals surface area contributed by atoms with Crippen LogP contribution in [0.1, 0.15) is 78.9 Å². The first-order valence-corrected chi connectivity index (χ1v) is 13.1. The fourth-order valence-corrected chi connectivity index (χ4v) is 4.32. The number of benzene rings is 3. The quantitative estimate of drug-likeness (QED) is 0.270. The molecule has 3 aromatic carbocycles. The van der Waals surface area contributed by atoms with E-state index >= 15 is 0 Å². The van der Waals surface area contributed by atoms with E-state index in [1.54, 1.807) is 18.2 Å². The predicted molar refractivity (Wildman–Crippen MR) is 153 cm³/mol. The predicted octanol–water partition coefficient (Wildman–Crippen LogP) is 7.49. The van der Waals surface area contributed by atoms with E-state index in [0.717, 1.165) is 27.6 Å². The van der Waals surface area contributed by atoms with Crippen molar-refractivity contribution < 1.29 is 19.1 Å². The molecule has 0 aliphatic heterocycles. The van der Waals surface area contributed by atoms with Crippen molar-refractivity contribution in [3.63, 3.8) is 0 Å². The van der Waals surface area contributed by atoms with Crippen LogP contribution < -0.4 is 0 Å². The van der Waals surface area contributed by atoms with Crippen LogP contribution in [0.5, 0.6) is 0 Å². The van der Waals surface area contributed by atoms with Gasteiger partial charge in [0.05, 0.1) is 48.5 Å². The van der Waals surface area contributed by atoms with Gasteiger partial charge in [0.1, 0.15) is 0 Å². The molecule has 0 bridgehead atoms. The molecule has 6 nitrogen and oxygen atoms in total. The van der Waals surface area contributed by atoms with Crippen LogP contribution in [-0.2, 0) is 15.9 Å². The third kappa shape index (κ3) is 6.54. The lowest BCUT2D eigenvalue weighted by molar-refractivity contribution is 0.0451.